The molecule has 1 aromatic carbocycles. The van der Waals surface area contributed by atoms with Gasteiger partial charge in [-0.15, -0.1) is 0 Å². The zero-order chi connectivity index (χ0) is 18.9. The Bertz CT molecular complexity index is 701. The van der Waals surface area contributed by atoms with E-state index in [-0.39, 0.29) is 12.3 Å². The van der Waals surface area contributed by atoms with Gasteiger partial charge in [-0.05, 0) is 36.2 Å². The summed E-state index contributed by atoms with van der Waals surface area (Å²) >= 11 is 0. The Labute approximate surface area is 151 Å². The minimum absolute atomic E-state index is 0.0571. The molecule has 1 unspecified atom stereocenters. The Hall–Kier alpha value is -2.61. The number of aliphatic hydroxyl groups excluding tert-OH is 1. The van der Waals surface area contributed by atoms with Crippen molar-refractivity contribution in [2.24, 2.45) is 12.0 Å². The van der Waals surface area contributed by atoms with Crippen LogP contribution in [-0.4, -0.2) is 35.3 Å². The van der Waals surface area contributed by atoms with Gasteiger partial charge >= 0.3 is 6.61 Å². The van der Waals surface area contributed by atoms with Crippen molar-refractivity contribution in [3.63, 3.8) is 0 Å². The highest BCUT2D eigenvalue weighted by Gasteiger charge is 2.10. The molecule has 6 nitrogen and oxygen atoms in total. The Morgan fingerprint density at radius 3 is 2.54 bits per heavy atom. The van der Waals surface area contributed by atoms with Crippen molar-refractivity contribution >= 4 is 5.96 Å². The van der Waals surface area contributed by atoms with Crippen molar-refractivity contribution in [2.45, 2.75) is 26.2 Å². The predicted molar refractivity (Wildman–Crippen MR) is 96.3 cm³/mol. The summed E-state index contributed by atoms with van der Waals surface area (Å²) < 4.78 is 30.6. The van der Waals surface area contributed by atoms with Crippen LogP contribution in [0.3, 0.4) is 0 Å². The van der Waals surface area contributed by atoms with Crippen LogP contribution < -0.4 is 15.4 Å². The van der Waals surface area contributed by atoms with Crippen molar-refractivity contribution in [1.82, 2.24) is 15.2 Å². The molecule has 0 aliphatic carbocycles. The minimum atomic E-state index is -2.86. The number of guanidine groups is 1. The van der Waals surface area contributed by atoms with Crippen LogP contribution in [0.5, 0.6) is 5.75 Å². The van der Waals surface area contributed by atoms with E-state index < -0.39 is 12.7 Å². The Balaban J connectivity index is 1.90. The number of aliphatic hydroxyl groups is 1. The van der Waals surface area contributed by atoms with E-state index in [0.717, 1.165) is 5.56 Å². The Kier molecular flexibility index (Phi) is 7.40. The quantitative estimate of drug-likeness (QED) is 0.496. The fourth-order valence-electron chi connectivity index (χ4n) is 2.35. The zero-order valence-electron chi connectivity index (χ0n) is 14.8. The van der Waals surface area contributed by atoms with Crippen molar-refractivity contribution in [3.05, 3.63) is 53.9 Å². The number of halogens is 2. The second-order valence-electron chi connectivity index (χ2n) is 5.72. The summed E-state index contributed by atoms with van der Waals surface area (Å²) in [4.78, 5) is 4.48. The van der Waals surface area contributed by atoms with Gasteiger partial charge in [0.05, 0.1) is 12.6 Å². The van der Waals surface area contributed by atoms with Crippen LogP contribution in [0.2, 0.25) is 0 Å². The highest BCUT2D eigenvalue weighted by atomic mass is 19.3. The number of hydrogen-bond acceptors (Lipinski definition) is 3. The summed E-state index contributed by atoms with van der Waals surface area (Å²) in [5, 5.41) is 16.4. The van der Waals surface area contributed by atoms with Crippen LogP contribution in [0.1, 0.15) is 24.2 Å². The first-order chi connectivity index (χ1) is 12.5. The summed E-state index contributed by atoms with van der Waals surface area (Å²) in [6, 6.07) is 7.90. The lowest BCUT2D eigenvalue weighted by Gasteiger charge is -2.16. The SMILES string of the molecule is CCNC(=NCc1ccn(C)c1)NCC(O)c1ccc(OC(F)F)cc1. The van der Waals surface area contributed by atoms with Gasteiger partial charge in [-0.1, -0.05) is 12.1 Å². The second-order valence-corrected chi connectivity index (χ2v) is 5.72. The number of aliphatic imine (C=N–C) groups is 1. The van der Waals surface area contributed by atoms with Gasteiger partial charge in [-0.3, -0.25) is 0 Å². The first kappa shape index (κ1) is 19.7. The first-order valence-electron chi connectivity index (χ1n) is 8.33. The lowest BCUT2D eigenvalue weighted by Crippen LogP contribution is -2.39. The average Bonchev–Trinajstić information content (AvgIpc) is 3.02. The molecule has 1 aromatic heterocycles. The molecule has 0 saturated heterocycles. The minimum Gasteiger partial charge on any atom is -0.435 e. The van der Waals surface area contributed by atoms with E-state index in [2.05, 4.69) is 20.4 Å². The summed E-state index contributed by atoms with van der Waals surface area (Å²) in [7, 11) is 1.95. The van der Waals surface area contributed by atoms with E-state index in [1.807, 2.05) is 37.0 Å². The maximum absolute atomic E-state index is 12.2. The van der Waals surface area contributed by atoms with Gasteiger partial charge in [0.1, 0.15) is 5.75 Å². The monoisotopic (exact) mass is 366 g/mol. The lowest BCUT2D eigenvalue weighted by molar-refractivity contribution is -0.0498. The maximum Gasteiger partial charge on any atom is 0.387 e. The van der Waals surface area contributed by atoms with Crippen LogP contribution >= 0.6 is 0 Å². The van der Waals surface area contributed by atoms with Crippen LogP contribution in [0.15, 0.2) is 47.7 Å². The molecule has 142 valence electrons. The molecule has 0 spiro atoms. The third kappa shape index (κ3) is 6.36. The largest absolute Gasteiger partial charge is 0.435 e. The zero-order valence-corrected chi connectivity index (χ0v) is 14.8. The van der Waals surface area contributed by atoms with E-state index in [4.69, 9.17) is 0 Å². The van der Waals surface area contributed by atoms with E-state index in [9.17, 15) is 13.9 Å². The maximum atomic E-state index is 12.2. The molecule has 0 aliphatic rings. The van der Waals surface area contributed by atoms with Crippen LogP contribution in [0.4, 0.5) is 8.78 Å². The van der Waals surface area contributed by atoms with E-state index in [1.54, 1.807) is 12.1 Å². The lowest BCUT2D eigenvalue weighted by atomic mass is 10.1. The van der Waals surface area contributed by atoms with Crippen molar-refractivity contribution in [2.75, 3.05) is 13.1 Å². The van der Waals surface area contributed by atoms with Gasteiger partial charge in [-0.25, -0.2) is 4.99 Å². The molecular weight excluding hydrogens is 342 g/mol. The van der Waals surface area contributed by atoms with E-state index in [1.165, 1.54) is 12.1 Å². The molecule has 2 rings (SSSR count). The summed E-state index contributed by atoms with van der Waals surface area (Å²) in [5.41, 5.74) is 1.68. The number of rotatable bonds is 8. The number of ether oxygens (including phenoxy) is 1. The topological polar surface area (TPSA) is 70.8 Å². The molecule has 0 radical (unpaired) electrons. The van der Waals surface area contributed by atoms with Crippen LogP contribution in [0, 0.1) is 0 Å². The smallest absolute Gasteiger partial charge is 0.387 e. The summed E-state index contributed by atoms with van der Waals surface area (Å²) in [6.45, 7) is 0.534. The highest BCUT2D eigenvalue weighted by molar-refractivity contribution is 5.79. The molecule has 26 heavy (non-hydrogen) atoms. The Morgan fingerprint density at radius 1 is 1.23 bits per heavy atom. The molecule has 0 fully saturated rings. The molecule has 3 N–H and O–H groups in total. The number of hydrogen-bond donors (Lipinski definition) is 3. The van der Waals surface area contributed by atoms with Crippen molar-refractivity contribution in [3.8, 4) is 5.75 Å². The van der Waals surface area contributed by atoms with Gasteiger partial charge in [0.25, 0.3) is 0 Å². The van der Waals surface area contributed by atoms with Gasteiger partial charge in [0.15, 0.2) is 5.96 Å². The molecule has 0 bridgehead atoms. The number of aryl methyl sites for hydroxylation is 1. The van der Waals surface area contributed by atoms with Gasteiger partial charge < -0.3 is 25.0 Å². The highest BCUT2D eigenvalue weighted by Crippen LogP contribution is 2.19. The third-order valence-electron chi connectivity index (χ3n) is 3.61. The molecule has 0 amide bonds. The second kappa shape index (κ2) is 9.76. The van der Waals surface area contributed by atoms with Gasteiger partial charge in [0, 0.05) is 32.5 Å². The molecule has 1 atom stereocenters. The Morgan fingerprint density at radius 2 is 1.96 bits per heavy atom. The van der Waals surface area contributed by atoms with E-state index in [0.29, 0.717) is 24.6 Å². The number of benzene rings is 1. The van der Waals surface area contributed by atoms with Crippen LogP contribution in [0.25, 0.3) is 0 Å². The van der Waals surface area contributed by atoms with Crippen molar-refractivity contribution < 1.29 is 18.6 Å². The normalized spacial score (nSPS) is 12.9. The van der Waals surface area contributed by atoms with Gasteiger partial charge in [0.2, 0.25) is 0 Å². The molecule has 2 aromatic rings. The van der Waals surface area contributed by atoms with Crippen LogP contribution in [-0.2, 0) is 13.6 Å². The first-order valence-corrected chi connectivity index (χ1v) is 8.33. The summed E-state index contributed by atoms with van der Waals surface area (Å²) in [6.07, 6.45) is 3.14. The fraction of sp³-hybridized carbons (Fsp3) is 0.389. The third-order valence-corrected chi connectivity index (χ3v) is 3.61. The number of nitrogens with one attached hydrogen (secondary N) is 2. The average molecular weight is 366 g/mol. The number of alkyl halides is 2. The fourth-order valence-corrected chi connectivity index (χ4v) is 2.35. The molecule has 0 aliphatic heterocycles. The van der Waals surface area contributed by atoms with Gasteiger partial charge in [-0.2, -0.15) is 8.78 Å². The van der Waals surface area contributed by atoms with Crippen molar-refractivity contribution in [1.29, 1.82) is 0 Å². The van der Waals surface area contributed by atoms with E-state index >= 15 is 0 Å². The molecule has 0 saturated carbocycles. The predicted octanol–water partition coefficient (Wildman–Crippen LogP) is 2.42. The molecular formula is C18H24F2N4O2. The number of nitrogens with zero attached hydrogens (tertiary/aromatic N) is 2. The summed E-state index contributed by atoms with van der Waals surface area (Å²) in [5.74, 6) is 0.648. The molecule has 8 heteroatoms. The number of aromatic nitrogens is 1. The standard InChI is InChI=1S/C18H24F2N4O2/c1-3-21-18(22-10-13-8-9-24(2)12-13)23-11-16(25)14-4-6-15(7-5-14)26-17(19)20/h4-9,12,16-17,25H,3,10-11H2,1-2H3,(H2,21,22,23). The molecule has 1 heterocycles.